The van der Waals surface area contributed by atoms with Crippen molar-refractivity contribution in [2.24, 2.45) is 5.92 Å². The molecule has 23 heavy (non-hydrogen) atoms. The van der Waals surface area contributed by atoms with E-state index in [1.807, 2.05) is 0 Å². The number of hydrogen-bond donors (Lipinski definition) is 0. The minimum atomic E-state index is 0.951. The van der Waals surface area contributed by atoms with E-state index in [2.05, 4.69) is 20.8 Å². The molecule has 0 spiro atoms. The van der Waals surface area contributed by atoms with Gasteiger partial charge in [-0.05, 0) is 5.92 Å². The second kappa shape index (κ2) is 20.0. The van der Waals surface area contributed by atoms with Gasteiger partial charge in [0.15, 0.2) is 0 Å². The van der Waals surface area contributed by atoms with Gasteiger partial charge < -0.3 is 0 Å². The molecule has 0 bridgehead atoms. The van der Waals surface area contributed by atoms with Gasteiger partial charge in [0.25, 0.3) is 0 Å². The van der Waals surface area contributed by atoms with Crippen molar-refractivity contribution in [3.05, 3.63) is 6.92 Å². The molecule has 0 saturated heterocycles. The van der Waals surface area contributed by atoms with Crippen molar-refractivity contribution < 1.29 is 0 Å². The minimum Gasteiger partial charge on any atom is -0.0654 e. The predicted molar refractivity (Wildman–Crippen MR) is 108 cm³/mol. The van der Waals surface area contributed by atoms with Crippen molar-refractivity contribution in [2.75, 3.05) is 0 Å². The van der Waals surface area contributed by atoms with E-state index < -0.39 is 0 Å². The van der Waals surface area contributed by atoms with Crippen molar-refractivity contribution in [2.45, 2.75) is 136 Å². The maximum absolute atomic E-state index is 3.92. The van der Waals surface area contributed by atoms with Crippen LogP contribution in [0.3, 0.4) is 0 Å². The third-order valence-corrected chi connectivity index (χ3v) is 5.25. The topological polar surface area (TPSA) is 0 Å². The van der Waals surface area contributed by atoms with Crippen molar-refractivity contribution in [1.29, 1.82) is 0 Å². The third-order valence-electron chi connectivity index (χ3n) is 5.25. The molecule has 139 valence electrons. The summed E-state index contributed by atoms with van der Waals surface area (Å²) in [5.41, 5.74) is 0. The van der Waals surface area contributed by atoms with Crippen LogP contribution in [0.5, 0.6) is 0 Å². The molecule has 0 rings (SSSR count). The van der Waals surface area contributed by atoms with E-state index in [4.69, 9.17) is 0 Å². The average molecular weight is 324 g/mol. The highest BCUT2D eigenvalue weighted by Gasteiger charge is 2.01. The lowest BCUT2D eigenvalue weighted by Gasteiger charge is -2.10. The highest BCUT2D eigenvalue weighted by molar-refractivity contribution is 4.56. The highest BCUT2D eigenvalue weighted by Crippen LogP contribution is 2.18. The van der Waals surface area contributed by atoms with E-state index >= 15 is 0 Å². The zero-order valence-electron chi connectivity index (χ0n) is 16.7. The van der Waals surface area contributed by atoms with Crippen LogP contribution < -0.4 is 0 Å². The van der Waals surface area contributed by atoms with E-state index in [0.717, 1.165) is 12.3 Å². The van der Waals surface area contributed by atoms with Gasteiger partial charge >= 0.3 is 0 Å². The molecule has 0 aromatic heterocycles. The Morgan fingerprint density at radius 2 is 0.870 bits per heavy atom. The van der Waals surface area contributed by atoms with Gasteiger partial charge in [-0.25, -0.2) is 0 Å². The Labute approximate surface area is 149 Å². The monoisotopic (exact) mass is 323 g/mol. The fourth-order valence-corrected chi connectivity index (χ4v) is 3.50. The van der Waals surface area contributed by atoms with Crippen LogP contribution in [-0.4, -0.2) is 0 Å². The number of rotatable bonds is 19. The smallest absolute Gasteiger partial charge is 0.0443 e. The van der Waals surface area contributed by atoms with Crippen LogP contribution in [0, 0.1) is 12.8 Å². The molecule has 1 radical (unpaired) electrons. The summed E-state index contributed by atoms with van der Waals surface area (Å²) in [6, 6.07) is 0. The van der Waals surface area contributed by atoms with E-state index in [1.165, 1.54) is 116 Å². The maximum Gasteiger partial charge on any atom is -0.0443 e. The first kappa shape index (κ1) is 23.0. The van der Waals surface area contributed by atoms with Crippen LogP contribution in [0.25, 0.3) is 0 Å². The van der Waals surface area contributed by atoms with Crippen LogP contribution >= 0.6 is 0 Å². The van der Waals surface area contributed by atoms with Crippen LogP contribution in [0.1, 0.15) is 136 Å². The Morgan fingerprint density at radius 3 is 1.26 bits per heavy atom. The predicted octanol–water partition coefficient (Wildman–Crippen LogP) is 8.89. The molecule has 0 N–H and O–H groups in total. The highest BCUT2D eigenvalue weighted by atomic mass is 14.1. The Morgan fingerprint density at radius 1 is 0.522 bits per heavy atom. The molecule has 0 aromatic rings. The third kappa shape index (κ3) is 20.0. The summed E-state index contributed by atoms with van der Waals surface area (Å²) in [5.74, 6) is 0.951. The van der Waals surface area contributed by atoms with E-state index in [1.54, 1.807) is 0 Å². The van der Waals surface area contributed by atoms with Gasteiger partial charge in [-0.3, -0.25) is 0 Å². The number of hydrogen-bond acceptors (Lipinski definition) is 0. The lowest BCUT2D eigenvalue weighted by molar-refractivity contribution is 0.434. The van der Waals surface area contributed by atoms with Gasteiger partial charge in [0.1, 0.15) is 0 Å². The molecule has 0 aliphatic carbocycles. The van der Waals surface area contributed by atoms with Crippen LogP contribution in [-0.2, 0) is 0 Å². The van der Waals surface area contributed by atoms with Gasteiger partial charge in [0.2, 0.25) is 0 Å². The van der Waals surface area contributed by atoms with Crippen molar-refractivity contribution >= 4 is 0 Å². The Balaban J connectivity index is 3.07. The van der Waals surface area contributed by atoms with Crippen molar-refractivity contribution in [3.63, 3.8) is 0 Å². The van der Waals surface area contributed by atoms with Gasteiger partial charge in [-0.15, -0.1) is 0 Å². The summed E-state index contributed by atoms with van der Waals surface area (Å²) in [5, 5.41) is 0. The molecule has 0 amide bonds. The molecule has 1 atom stereocenters. The van der Waals surface area contributed by atoms with Gasteiger partial charge in [0, 0.05) is 0 Å². The Bertz CT molecular complexity index is 196. The molecular weight excluding hydrogens is 276 g/mol. The standard InChI is InChI=1S/C23H47/c1-4-6-8-10-11-12-13-14-15-16-17-18-20-22-23(3)21-19-9-7-5-2/h23H,2,4-22H2,1,3H3. The zero-order chi connectivity index (χ0) is 17.0. The quantitative estimate of drug-likeness (QED) is 0.208. The Kier molecular flexibility index (Phi) is 20.0. The second-order valence-corrected chi connectivity index (χ2v) is 7.84. The summed E-state index contributed by atoms with van der Waals surface area (Å²) in [7, 11) is 0. The molecule has 0 aromatic carbocycles. The summed E-state index contributed by atoms with van der Waals surface area (Å²) in [6.07, 6.45) is 27.2. The van der Waals surface area contributed by atoms with Gasteiger partial charge in [-0.2, -0.15) is 0 Å². The average Bonchev–Trinajstić information content (AvgIpc) is 2.56. The fourth-order valence-electron chi connectivity index (χ4n) is 3.50. The second-order valence-electron chi connectivity index (χ2n) is 7.84. The summed E-state index contributed by atoms with van der Waals surface area (Å²) in [6.45, 7) is 8.67. The SMILES string of the molecule is [CH2]CCCCCC(C)CCCCCCCCCCCCCCC. The van der Waals surface area contributed by atoms with Crippen LogP contribution in [0.2, 0.25) is 0 Å². The van der Waals surface area contributed by atoms with E-state index in [9.17, 15) is 0 Å². The van der Waals surface area contributed by atoms with Crippen LogP contribution in [0.4, 0.5) is 0 Å². The fraction of sp³-hybridized carbons (Fsp3) is 0.957. The van der Waals surface area contributed by atoms with Crippen LogP contribution in [0.15, 0.2) is 0 Å². The minimum absolute atomic E-state index is 0.951. The molecule has 0 nitrogen and oxygen atoms in total. The lowest BCUT2D eigenvalue weighted by atomic mass is 9.96. The summed E-state index contributed by atoms with van der Waals surface area (Å²) in [4.78, 5) is 0. The first-order chi connectivity index (χ1) is 11.3. The van der Waals surface area contributed by atoms with Crippen molar-refractivity contribution in [1.82, 2.24) is 0 Å². The normalized spacial score (nSPS) is 12.7. The van der Waals surface area contributed by atoms with E-state index in [0.29, 0.717) is 0 Å². The molecule has 0 aliphatic rings. The molecule has 1 unspecified atom stereocenters. The van der Waals surface area contributed by atoms with Crippen molar-refractivity contribution in [3.8, 4) is 0 Å². The maximum atomic E-state index is 3.92. The molecular formula is C23H47. The molecule has 0 heteroatoms. The molecule has 0 fully saturated rings. The van der Waals surface area contributed by atoms with E-state index in [-0.39, 0.29) is 0 Å². The Hall–Kier alpha value is 0. The first-order valence-electron chi connectivity index (χ1n) is 11.1. The van der Waals surface area contributed by atoms with Gasteiger partial charge in [0.05, 0.1) is 0 Å². The summed E-state index contributed by atoms with van der Waals surface area (Å²) < 4.78 is 0. The first-order valence-corrected chi connectivity index (χ1v) is 11.1. The summed E-state index contributed by atoms with van der Waals surface area (Å²) >= 11 is 0. The van der Waals surface area contributed by atoms with Gasteiger partial charge in [-0.1, -0.05) is 143 Å². The molecule has 0 saturated carbocycles. The largest absolute Gasteiger partial charge is 0.0654 e. The molecule has 0 aliphatic heterocycles. The lowest BCUT2D eigenvalue weighted by Crippen LogP contribution is -1.95. The zero-order valence-corrected chi connectivity index (χ0v) is 16.7. The molecule has 0 heterocycles. The number of unbranched alkanes of at least 4 members (excludes halogenated alkanes) is 15.